The standard InChI is InChI=1S/C10H14BrN3O2S/c1-6(17(2)16)4-14-10(15)8-3-7(11)5-13-9(8)12/h3,5-6H,4H2,1-2H3,(H2,12,13)(H,14,15). The van der Waals surface area contributed by atoms with Crippen LogP contribution in [-0.2, 0) is 10.8 Å². The van der Waals surface area contributed by atoms with Gasteiger partial charge >= 0.3 is 0 Å². The predicted molar refractivity (Wildman–Crippen MR) is 72.2 cm³/mol. The van der Waals surface area contributed by atoms with E-state index in [-0.39, 0.29) is 17.0 Å². The fraction of sp³-hybridized carbons (Fsp3) is 0.400. The van der Waals surface area contributed by atoms with Crippen LogP contribution in [0.4, 0.5) is 5.82 Å². The Morgan fingerprint density at radius 1 is 1.71 bits per heavy atom. The third-order valence-corrected chi connectivity index (χ3v) is 3.98. The van der Waals surface area contributed by atoms with E-state index in [1.165, 1.54) is 6.20 Å². The second-order valence-corrected chi connectivity index (χ2v) is 6.32. The van der Waals surface area contributed by atoms with Crippen molar-refractivity contribution >= 4 is 38.5 Å². The highest BCUT2D eigenvalue weighted by molar-refractivity contribution is 9.10. The first kappa shape index (κ1) is 14.1. The number of aromatic nitrogens is 1. The van der Waals surface area contributed by atoms with Crippen LogP contribution in [0.25, 0.3) is 0 Å². The molecule has 0 bridgehead atoms. The molecule has 7 heteroatoms. The van der Waals surface area contributed by atoms with Gasteiger partial charge in [-0.15, -0.1) is 0 Å². The van der Waals surface area contributed by atoms with E-state index < -0.39 is 10.8 Å². The second kappa shape index (κ2) is 6.11. The minimum Gasteiger partial charge on any atom is -0.383 e. The van der Waals surface area contributed by atoms with Crippen molar-refractivity contribution in [3.05, 3.63) is 22.3 Å². The zero-order chi connectivity index (χ0) is 13.0. The summed E-state index contributed by atoms with van der Waals surface area (Å²) in [6.45, 7) is 2.15. The maximum atomic E-state index is 11.8. The zero-order valence-corrected chi connectivity index (χ0v) is 12.0. The van der Waals surface area contributed by atoms with E-state index in [0.717, 1.165) is 0 Å². The van der Waals surface area contributed by atoms with Gasteiger partial charge < -0.3 is 11.1 Å². The van der Waals surface area contributed by atoms with Gasteiger partial charge in [0.15, 0.2) is 0 Å². The van der Waals surface area contributed by atoms with Gasteiger partial charge in [0.1, 0.15) is 5.82 Å². The molecule has 1 heterocycles. The van der Waals surface area contributed by atoms with Crippen LogP contribution >= 0.6 is 15.9 Å². The first-order valence-corrected chi connectivity index (χ1v) is 7.34. The SMILES string of the molecule is CC(CNC(=O)c1cc(Br)cnc1N)S(C)=O. The summed E-state index contributed by atoms with van der Waals surface area (Å²) >= 11 is 3.22. The fourth-order valence-electron chi connectivity index (χ4n) is 1.08. The van der Waals surface area contributed by atoms with Crippen molar-refractivity contribution in [1.29, 1.82) is 0 Å². The zero-order valence-electron chi connectivity index (χ0n) is 9.57. The molecule has 0 aromatic carbocycles. The van der Waals surface area contributed by atoms with Crippen LogP contribution in [0.2, 0.25) is 0 Å². The molecule has 94 valence electrons. The van der Waals surface area contributed by atoms with Gasteiger partial charge in [-0.05, 0) is 28.9 Å². The van der Waals surface area contributed by atoms with Gasteiger partial charge in [-0.2, -0.15) is 0 Å². The van der Waals surface area contributed by atoms with E-state index in [1.807, 2.05) is 0 Å². The third-order valence-electron chi connectivity index (χ3n) is 2.25. The number of pyridine rings is 1. The Kier molecular flexibility index (Phi) is 5.07. The van der Waals surface area contributed by atoms with Gasteiger partial charge in [0.05, 0.1) is 5.56 Å². The summed E-state index contributed by atoms with van der Waals surface area (Å²) in [7, 11) is -0.964. The number of hydrogen-bond acceptors (Lipinski definition) is 4. The van der Waals surface area contributed by atoms with E-state index >= 15 is 0 Å². The summed E-state index contributed by atoms with van der Waals surface area (Å²) in [5.41, 5.74) is 5.92. The van der Waals surface area contributed by atoms with Gasteiger partial charge in [0, 0.05) is 39.5 Å². The Hall–Kier alpha value is -0.950. The first-order chi connectivity index (χ1) is 7.91. The van der Waals surface area contributed by atoms with E-state index in [2.05, 4.69) is 26.2 Å². The number of carbonyl (C=O) groups excluding carboxylic acids is 1. The highest BCUT2D eigenvalue weighted by Crippen LogP contribution is 2.15. The number of hydrogen-bond donors (Lipinski definition) is 2. The molecule has 1 aromatic heterocycles. The van der Waals surface area contributed by atoms with Crippen molar-refractivity contribution in [2.45, 2.75) is 12.2 Å². The Labute approximate surface area is 111 Å². The number of anilines is 1. The fourth-order valence-corrected chi connectivity index (χ4v) is 1.73. The van der Waals surface area contributed by atoms with E-state index in [0.29, 0.717) is 16.6 Å². The van der Waals surface area contributed by atoms with Crippen LogP contribution in [-0.4, -0.2) is 33.2 Å². The maximum Gasteiger partial charge on any atom is 0.255 e. The summed E-state index contributed by atoms with van der Waals surface area (Å²) < 4.78 is 11.8. The number of nitrogens with zero attached hydrogens (tertiary/aromatic N) is 1. The maximum absolute atomic E-state index is 11.8. The molecule has 5 nitrogen and oxygen atoms in total. The number of carbonyl (C=O) groups is 1. The normalized spacial score (nSPS) is 14.1. The lowest BCUT2D eigenvalue weighted by molar-refractivity contribution is 0.0954. The summed E-state index contributed by atoms with van der Waals surface area (Å²) in [4.78, 5) is 15.7. The summed E-state index contributed by atoms with van der Waals surface area (Å²) in [6, 6.07) is 1.60. The summed E-state index contributed by atoms with van der Waals surface area (Å²) in [5.74, 6) is -0.135. The van der Waals surface area contributed by atoms with Gasteiger partial charge in [-0.1, -0.05) is 0 Å². The van der Waals surface area contributed by atoms with E-state index in [1.54, 1.807) is 19.2 Å². The lowest BCUT2D eigenvalue weighted by Crippen LogP contribution is -2.33. The van der Waals surface area contributed by atoms with Crippen LogP contribution in [0.15, 0.2) is 16.7 Å². The quantitative estimate of drug-likeness (QED) is 0.864. The van der Waals surface area contributed by atoms with Crippen LogP contribution < -0.4 is 11.1 Å². The van der Waals surface area contributed by atoms with Crippen LogP contribution in [0.3, 0.4) is 0 Å². The van der Waals surface area contributed by atoms with Crippen molar-refractivity contribution in [2.75, 3.05) is 18.5 Å². The monoisotopic (exact) mass is 319 g/mol. The lowest BCUT2D eigenvalue weighted by Gasteiger charge is -2.10. The molecule has 2 unspecified atom stereocenters. The second-order valence-electron chi connectivity index (χ2n) is 3.61. The average molecular weight is 320 g/mol. The smallest absolute Gasteiger partial charge is 0.255 e. The molecule has 0 radical (unpaired) electrons. The van der Waals surface area contributed by atoms with Crippen LogP contribution in [0, 0.1) is 0 Å². The highest BCUT2D eigenvalue weighted by Gasteiger charge is 2.13. The van der Waals surface area contributed by atoms with Crippen LogP contribution in [0.5, 0.6) is 0 Å². The number of nitrogen functional groups attached to an aromatic ring is 1. The molecule has 0 aliphatic rings. The Bertz CT molecular complexity index is 453. The molecule has 1 amide bonds. The number of amides is 1. The highest BCUT2D eigenvalue weighted by atomic mass is 79.9. The van der Waals surface area contributed by atoms with Crippen molar-refractivity contribution < 1.29 is 9.00 Å². The molecule has 0 fully saturated rings. The molecular weight excluding hydrogens is 306 g/mol. The summed E-state index contributed by atoms with van der Waals surface area (Å²) in [5, 5.41) is 2.58. The molecular formula is C10H14BrN3O2S. The number of halogens is 1. The van der Waals surface area contributed by atoms with Gasteiger partial charge in [0.25, 0.3) is 5.91 Å². The molecule has 2 atom stereocenters. The minimum atomic E-state index is -0.964. The van der Waals surface area contributed by atoms with Gasteiger partial charge in [-0.25, -0.2) is 4.98 Å². The average Bonchev–Trinajstić information content (AvgIpc) is 2.28. The Morgan fingerprint density at radius 2 is 2.35 bits per heavy atom. The van der Waals surface area contributed by atoms with E-state index in [4.69, 9.17) is 5.73 Å². The molecule has 0 aliphatic heterocycles. The lowest BCUT2D eigenvalue weighted by atomic mass is 10.2. The molecule has 0 saturated carbocycles. The first-order valence-electron chi connectivity index (χ1n) is 4.93. The molecule has 0 saturated heterocycles. The van der Waals surface area contributed by atoms with E-state index in [9.17, 15) is 9.00 Å². The van der Waals surface area contributed by atoms with Crippen molar-refractivity contribution in [3.8, 4) is 0 Å². The molecule has 0 aliphatic carbocycles. The summed E-state index contributed by atoms with van der Waals surface area (Å²) in [6.07, 6.45) is 3.13. The van der Waals surface area contributed by atoms with Gasteiger partial charge in [-0.3, -0.25) is 9.00 Å². The van der Waals surface area contributed by atoms with Crippen LogP contribution in [0.1, 0.15) is 17.3 Å². The molecule has 1 rings (SSSR count). The molecule has 17 heavy (non-hydrogen) atoms. The minimum absolute atomic E-state index is 0.0970. The Morgan fingerprint density at radius 3 is 2.94 bits per heavy atom. The molecule has 3 N–H and O–H groups in total. The Balaban J connectivity index is 2.70. The topological polar surface area (TPSA) is 85.1 Å². The van der Waals surface area contributed by atoms with Crippen molar-refractivity contribution in [1.82, 2.24) is 10.3 Å². The molecule has 0 spiro atoms. The number of nitrogens with two attached hydrogens (primary N) is 1. The molecule has 1 aromatic rings. The third kappa shape index (κ3) is 4.08. The number of nitrogens with one attached hydrogen (secondary N) is 1. The van der Waals surface area contributed by atoms with Crippen molar-refractivity contribution in [2.24, 2.45) is 0 Å². The van der Waals surface area contributed by atoms with Gasteiger partial charge in [0.2, 0.25) is 0 Å². The predicted octanol–water partition coefficient (Wildman–Crippen LogP) is 0.923. The number of rotatable bonds is 4. The van der Waals surface area contributed by atoms with Crippen molar-refractivity contribution in [3.63, 3.8) is 0 Å². The largest absolute Gasteiger partial charge is 0.383 e.